The van der Waals surface area contributed by atoms with Crippen molar-refractivity contribution in [2.45, 2.75) is 45.2 Å². The van der Waals surface area contributed by atoms with Crippen molar-refractivity contribution in [3.05, 3.63) is 70.8 Å². The molecule has 2 aromatic rings. The molecule has 0 radical (unpaired) electrons. The molecule has 1 aliphatic rings. The predicted molar refractivity (Wildman–Crippen MR) is 92.3 cm³/mol. The van der Waals surface area contributed by atoms with Crippen LogP contribution in [0.15, 0.2) is 48.5 Å². The fraction of sp³-hybridized carbons (Fsp3) is 0.368. The highest BCUT2D eigenvalue weighted by Gasteiger charge is 2.19. The summed E-state index contributed by atoms with van der Waals surface area (Å²) in [5, 5.41) is 3.69. The van der Waals surface area contributed by atoms with Gasteiger partial charge in [0.15, 0.2) is 0 Å². The highest BCUT2D eigenvalue weighted by molar-refractivity contribution is 5.85. The maximum atomic E-state index is 3.69. The summed E-state index contributed by atoms with van der Waals surface area (Å²) in [5.41, 5.74) is 5.83. The standard InChI is InChI=1S/C19H23N.ClH/c1-14(2)16-9-7-15(8-10-16)13-20-19-11-17-5-3-4-6-18(17)12-19;/h3-10,14,19-20H,11-13H2,1-2H3;1H. The molecule has 0 fully saturated rings. The van der Waals surface area contributed by atoms with Gasteiger partial charge in [-0.05, 0) is 41.0 Å². The molecule has 0 aliphatic heterocycles. The zero-order chi connectivity index (χ0) is 13.9. The van der Waals surface area contributed by atoms with Crippen LogP contribution in [0.4, 0.5) is 0 Å². The van der Waals surface area contributed by atoms with E-state index in [0.29, 0.717) is 12.0 Å². The van der Waals surface area contributed by atoms with Crippen LogP contribution in [0.3, 0.4) is 0 Å². The number of halogens is 1. The van der Waals surface area contributed by atoms with Gasteiger partial charge in [0.25, 0.3) is 0 Å². The summed E-state index contributed by atoms with van der Waals surface area (Å²) < 4.78 is 0. The van der Waals surface area contributed by atoms with Crippen LogP contribution in [0.25, 0.3) is 0 Å². The fourth-order valence-corrected chi connectivity index (χ4v) is 2.99. The van der Waals surface area contributed by atoms with Gasteiger partial charge in [-0.2, -0.15) is 0 Å². The van der Waals surface area contributed by atoms with Crippen molar-refractivity contribution in [1.82, 2.24) is 5.32 Å². The highest BCUT2D eigenvalue weighted by atomic mass is 35.5. The number of hydrogen-bond acceptors (Lipinski definition) is 1. The van der Waals surface area contributed by atoms with Crippen LogP contribution in [-0.4, -0.2) is 6.04 Å². The molecular formula is C19H24ClN. The van der Waals surface area contributed by atoms with Crippen molar-refractivity contribution in [2.75, 3.05) is 0 Å². The van der Waals surface area contributed by atoms with E-state index in [1.807, 2.05) is 0 Å². The van der Waals surface area contributed by atoms with Crippen molar-refractivity contribution in [3.8, 4) is 0 Å². The summed E-state index contributed by atoms with van der Waals surface area (Å²) in [6.45, 7) is 5.45. The molecule has 0 atom stereocenters. The molecule has 0 aromatic heterocycles. The Morgan fingerprint density at radius 1 is 0.952 bits per heavy atom. The van der Waals surface area contributed by atoms with Gasteiger partial charge >= 0.3 is 0 Å². The number of fused-ring (bicyclic) bond motifs is 1. The number of nitrogens with one attached hydrogen (secondary N) is 1. The van der Waals surface area contributed by atoms with Crippen LogP contribution >= 0.6 is 12.4 Å². The molecule has 112 valence electrons. The summed E-state index contributed by atoms with van der Waals surface area (Å²) in [6, 6.07) is 18.4. The zero-order valence-electron chi connectivity index (χ0n) is 12.8. The molecule has 1 aliphatic carbocycles. The van der Waals surface area contributed by atoms with E-state index in [1.165, 1.54) is 35.1 Å². The smallest absolute Gasteiger partial charge is 0.0208 e. The Kier molecular flexibility index (Phi) is 5.44. The first-order chi connectivity index (χ1) is 9.72. The van der Waals surface area contributed by atoms with Crippen molar-refractivity contribution >= 4 is 12.4 Å². The molecule has 3 rings (SSSR count). The maximum absolute atomic E-state index is 3.69. The van der Waals surface area contributed by atoms with Gasteiger partial charge in [0.05, 0.1) is 0 Å². The average Bonchev–Trinajstić information content (AvgIpc) is 2.88. The first-order valence-corrected chi connectivity index (χ1v) is 7.61. The molecule has 0 saturated heterocycles. The van der Waals surface area contributed by atoms with Crippen LogP contribution in [0.5, 0.6) is 0 Å². The number of hydrogen-bond donors (Lipinski definition) is 1. The van der Waals surface area contributed by atoms with Gasteiger partial charge in [-0.1, -0.05) is 62.4 Å². The van der Waals surface area contributed by atoms with E-state index >= 15 is 0 Å². The molecular weight excluding hydrogens is 278 g/mol. The molecule has 1 nitrogen and oxygen atoms in total. The molecule has 0 bridgehead atoms. The van der Waals surface area contributed by atoms with Crippen molar-refractivity contribution in [1.29, 1.82) is 0 Å². The van der Waals surface area contributed by atoms with E-state index in [-0.39, 0.29) is 12.4 Å². The van der Waals surface area contributed by atoms with Gasteiger partial charge in [0.1, 0.15) is 0 Å². The van der Waals surface area contributed by atoms with E-state index in [0.717, 1.165) is 6.54 Å². The third-order valence-corrected chi connectivity index (χ3v) is 4.29. The van der Waals surface area contributed by atoms with Crippen molar-refractivity contribution < 1.29 is 0 Å². The van der Waals surface area contributed by atoms with Crippen LogP contribution in [-0.2, 0) is 19.4 Å². The predicted octanol–water partition coefficient (Wildman–Crippen LogP) is 4.49. The first-order valence-electron chi connectivity index (χ1n) is 7.61. The van der Waals surface area contributed by atoms with E-state index in [2.05, 4.69) is 67.7 Å². The van der Waals surface area contributed by atoms with Gasteiger partial charge in [-0.15, -0.1) is 12.4 Å². The maximum Gasteiger partial charge on any atom is 0.0208 e. The Bertz CT molecular complexity index is 549. The molecule has 0 spiro atoms. The van der Waals surface area contributed by atoms with Crippen molar-refractivity contribution in [2.24, 2.45) is 0 Å². The summed E-state index contributed by atoms with van der Waals surface area (Å²) in [5.74, 6) is 0.612. The lowest BCUT2D eigenvalue weighted by Crippen LogP contribution is -2.28. The summed E-state index contributed by atoms with van der Waals surface area (Å²) in [4.78, 5) is 0. The molecule has 0 unspecified atom stereocenters. The van der Waals surface area contributed by atoms with E-state index in [9.17, 15) is 0 Å². The molecule has 0 amide bonds. The second-order valence-electron chi connectivity index (χ2n) is 6.15. The van der Waals surface area contributed by atoms with Crippen LogP contribution in [0.1, 0.15) is 42.0 Å². The Morgan fingerprint density at radius 2 is 1.52 bits per heavy atom. The van der Waals surface area contributed by atoms with Gasteiger partial charge in [0.2, 0.25) is 0 Å². The van der Waals surface area contributed by atoms with Crippen LogP contribution in [0, 0.1) is 0 Å². The van der Waals surface area contributed by atoms with Crippen LogP contribution in [0.2, 0.25) is 0 Å². The van der Waals surface area contributed by atoms with Gasteiger partial charge in [0, 0.05) is 12.6 Å². The third kappa shape index (κ3) is 3.87. The Labute approximate surface area is 134 Å². The SMILES string of the molecule is CC(C)c1ccc(CNC2Cc3ccccc3C2)cc1.Cl. The lowest BCUT2D eigenvalue weighted by atomic mass is 10.0. The van der Waals surface area contributed by atoms with Crippen LogP contribution < -0.4 is 5.32 Å². The molecule has 2 aromatic carbocycles. The number of rotatable bonds is 4. The Balaban J connectivity index is 0.00000161. The monoisotopic (exact) mass is 301 g/mol. The first kappa shape index (κ1) is 16.1. The third-order valence-electron chi connectivity index (χ3n) is 4.29. The summed E-state index contributed by atoms with van der Waals surface area (Å²) >= 11 is 0. The molecule has 2 heteroatoms. The average molecular weight is 302 g/mol. The second-order valence-corrected chi connectivity index (χ2v) is 6.15. The summed E-state index contributed by atoms with van der Waals surface area (Å²) in [6.07, 6.45) is 2.33. The second kappa shape index (κ2) is 7.11. The Hall–Kier alpha value is -1.31. The quantitative estimate of drug-likeness (QED) is 0.877. The number of benzene rings is 2. The minimum atomic E-state index is 0. The van der Waals surface area contributed by atoms with Gasteiger partial charge in [-0.25, -0.2) is 0 Å². The fourth-order valence-electron chi connectivity index (χ4n) is 2.99. The molecule has 21 heavy (non-hydrogen) atoms. The molecule has 0 heterocycles. The minimum Gasteiger partial charge on any atom is -0.309 e. The van der Waals surface area contributed by atoms with E-state index in [4.69, 9.17) is 0 Å². The minimum absolute atomic E-state index is 0. The summed E-state index contributed by atoms with van der Waals surface area (Å²) in [7, 11) is 0. The topological polar surface area (TPSA) is 12.0 Å². The van der Waals surface area contributed by atoms with Gasteiger partial charge in [-0.3, -0.25) is 0 Å². The van der Waals surface area contributed by atoms with Crippen molar-refractivity contribution in [3.63, 3.8) is 0 Å². The molecule has 1 N–H and O–H groups in total. The molecule has 0 saturated carbocycles. The largest absolute Gasteiger partial charge is 0.309 e. The Morgan fingerprint density at radius 3 is 2.05 bits per heavy atom. The van der Waals surface area contributed by atoms with Gasteiger partial charge < -0.3 is 5.32 Å². The van der Waals surface area contributed by atoms with E-state index in [1.54, 1.807) is 0 Å². The lowest BCUT2D eigenvalue weighted by molar-refractivity contribution is 0.533. The highest BCUT2D eigenvalue weighted by Crippen LogP contribution is 2.22. The zero-order valence-corrected chi connectivity index (χ0v) is 13.6. The van der Waals surface area contributed by atoms with E-state index < -0.39 is 0 Å². The lowest BCUT2D eigenvalue weighted by Gasteiger charge is -2.13. The normalized spacial score (nSPS) is 14.0.